The zero-order valence-corrected chi connectivity index (χ0v) is 16.6. The molecule has 0 aliphatic carbocycles. The molecular formula is C19H23N3O7. The summed E-state index contributed by atoms with van der Waals surface area (Å²) in [6, 6.07) is 3.23. The zero-order valence-electron chi connectivity index (χ0n) is 16.6. The number of pyridine rings is 1. The van der Waals surface area contributed by atoms with Crippen LogP contribution in [0.3, 0.4) is 0 Å². The first-order chi connectivity index (χ1) is 13.6. The molecule has 2 N–H and O–H groups in total. The number of rotatable bonds is 7. The highest BCUT2D eigenvalue weighted by atomic mass is 16.6. The molecule has 2 amide bonds. The van der Waals surface area contributed by atoms with Gasteiger partial charge in [0, 0.05) is 6.20 Å². The Morgan fingerprint density at radius 1 is 1.28 bits per heavy atom. The SMILES string of the molecule is CC(C(=O)O)C(=O)OCCOC12NC(=O)C(C)(C(C)C)N1C(=O)c1cccnc12. The van der Waals surface area contributed by atoms with Gasteiger partial charge in [0.1, 0.15) is 17.8 Å². The van der Waals surface area contributed by atoms with Gasteiger partial charge in [-0.2, -0.15) is 0 Å². The molecule has 10 nitrogen and oxygen atoms in total. The highest BCUT2D eigenvalue weighted by Gasteiger charge is 2.68. The molecule has 1 aromatic heterocycles. The maximum atomic E-state index is 13.1. The van der Waals surface area contributed by atoms with Crippen LogP contribution in [-0.4, -0.2) is 57.5 Å². The van der Waals surface area contributed by atoms with Crippen molar-refractivity contribution in [2.45, 2.75) is 39.1 Å². The van der Waals surface area contributed by atoms with Crippen molar-refractivity contribution in [2.75, 3.05) is 13.2 Å². The Morgan fingerprint density at radius 3 is 2.59 bits per heavy atom. The lowest BCUT2D eigenvalue weighted by Gasteiger charge is -2.39. The zero-order chi connectivity index (χ0) is 21.6. The van der Waals surface area contributed by atoms with E-state index in [4.69, 9.17) is 14.6 Å². The number of hydrogen-bond donors (Lipinski definition) is 2. The van der Waals surface area contributed by atoms with Crippen LogP contribution < -0.4 is 5.32 Å². The van der Waals surface area contributed by atoms with Crippen LogP contribution in [0, 0.1) is 11.8 Å². The summed E-state index contributed by atoms with van der Waals surface area (Å²) in [6.07, 6.45) is 1.49. The molecule has 1 saturated heterocycles. The van der Waals surface area contributed by atoms with Crippen molar-refractivity contribution in [1.82, 2.24) is 15.2 Å². The van der Waals surface area contributed by atoms with Crippen LogP contribution in [0.1, 0.15) is 43.7 Å². The summed E-state index contributed by atoms with van der Waals surface area (Å²) in [4.78, 5) is 54.1. The summed E-state index contributed by atoms with van der Waals surface area (Å²) in [6.45, 7) is 6.09. The van der Waals surface area contributed by atoms with E-state index in [1.54, 1.807) is 19.1 Å². The van der Waals surface area contributed by atoms with Gasteiger partial charge in [-0.3, -0.25) is 29.1 Å². The number of carbonyl (C=O) groups is 4. The highest BCUT2D eigenvalue weighted by molar-refractivity contribution is 6.06. The van der Waals surface area contributed by atoms with Crippen molar-refractivity contribution in [2.24, 2.45) is 11.8 Å². The molecule has 0 radical (unpaired) electrons. The maximum absolute atomic E-state index is 13.1. The normalized spacial score (nSPS) is 26.2. The molecule has 10 heteroatoms. The molecule has 0 spiro atoms. The second-order valence-electron chi connectivity index (χ2n) is 7.52. The Bertz CT molecular complexity index is 886. The smallest absolute Gasteiger partial charge is 0.320 e. The van der Waals surface area contributed by atoms with Crippen LogP contribution in [-0.2, 0) is 29.7 Å². The Hall–Kier alpha value is -3.01. The lowest BCUT2D eigenvalue weighted by atomic mass is 9.87. The molecule has 2 aliphatic rings. The molecule has 1 aromatic rings. The Morgan fingerprint density at radius 2 is 1.97 bits per heavy atom. The molecule has 1 fully saturated rings. The number of hydrogen-bond acceptors (Lipinski definition) is 7. The molecule has 3 unspecified atom stereocenters. The van der Waals surface area contributed by atoms with Crippen LogP contribution in [0.5, 0.6) is 0 Å². The fourth-order valence-electron chi connectivity index (χ4n) is 3.50. The van der Waals surface area contributed by atoms with Crippen molar-refractivity contribution in [3.05, 3.63) is 29.6 Å². The monoisotopic (exact) mass is 405 g/mol. The molecule has 3 heterocycles. The van der Waals surface area contributed by atoms with Gasteiger partial charge in [-0.1, -0.05) is 13.8 Å². The van der Waals surface area contributed by atoms with E-state index in [0.29, 0.717) is 5.56 Å². The van der Waals surface area contributed by atoms with Gasteiger partial charge in [-0.25, -0.2) is 0 Å². The van der Waals surface area contributed by atoms with Crippen molar-refractivity contribution in [3.63, 3.8) is 0 Å². The predicted octanol–water partition coefficient (Wildman–Crippen LogP) is 0.473. The number of aromatic nitrogens is 1. The first kappa shape index (κ1) is 20.7. The molecule has 0 saturated carbocycles. The van der Waals surface area contributed by atoms with Crippen LogP contribution in [0.2, 0.25) is 0 Å². The first-order valence-corrected chi connectivity index (χ1v) is 9.23. The number of carbonyl (C=O) groups excluding carboxylic acids is 3. The maximum Gasteiger partial charge on any atom is 0.320 e. The van der Waals surface area contributed by atoms with E-state index >= 15 is 0 Å². The second-order valence-corrected chi connectivity index (χ2v) is 7.52. The van der Waals surface area contributed by atoms with Gasteiger partial charge in [-0.05, 0) is 31.9 Å². The van der Waals surface area contributed by atoms with Gasteiger partial charge in [-0.15, -0.1) is 0 Å². The first-order valence-electron chi connectivity index (χ1n) is 9.23. The summed E-state index contributed by atoms with van der Waals surface area (Å²) < 4.78 is 10.8. The average Bonchev–Trinajstić information content (AvgIpc) is 3.06. The fourth-order valence-corrected chi connectivity index (χ4v) is 3.50. The van der Waals surface area contributed by atoms with Gasteiger partial charge >= 0.3 is 11.9 Å². The van der Waals surface area contributed by atoms with E-state index in [1.165, 1.54) is 18.0 Å². The van der Waals surface area contributed by atoms with Gasteiger partial charge < -0.3 is 19.9 Å². The summed E-state index contributed by atoms with van der Waals surface area (Å²) in [5.41, 5.74) is -0.601. The third-order valence-electron chi connectivity index (χ3n) is 5.57. The van der Waals surface area contributed by atoms with Crippen LogP contribution >= 0.6 is 0 Å². The van der Waals surface area contributed by atoms with Gasteiger partial charge in [0.25, 0.3) is 11.8 Å². The summed E-state index contributed by atoms with van der Waals surface area (Å²) >= 11 is 0. The van der Waals surface area contributed by atoms with E-state index in [0.717, 1.165) is 0 Å². The third-order valence-corrected chi connectivity index (χ3v) is 5.57. The average molecular weight is 405 g/mol. The molecular weight excluding hydrogens is 382 g/mol. The molecule has 29 heavy (non-hydrogen) atoms. The van der Waals surface area contributed by atoms with Gasteiger partial charge in [0.15, 0.2) is 5.92 Å². The lowest BCUT2D eigenvalue weighted by Crippen LogP contribution is -2.56. The number of carboxylic acid groups (broad SMARTS) is 1. The Labute approximate surface area is 167 Å². The number of ether oxygens (including phenoxy) is 2. The van der Waals surface area contributed by atoms with E-state index in [-0.39, 0.29) is 36.6 Å². The summed E-state index contributed by atoms with van der Waals surface area (Å²) in [5.74, 6) is -6.12. The molecule has 0 aromatic carbocycles. The second kappa shape index (κ2) is 7.11. The number of fused-ring (bicyclic) bond motifs is 3. The highest BCUT2D eigenvalue weighted by Crippen LogP contribution is 2.48. The summed E-state index contributed by atoms with van der Waals surface area (Å²) in [5, 5.41) is 11.6. The minimum Gasteiger partial charge on any atom is -0.481 e. The topological polar surface area (TPSA) is 135 Å². The number of carboxylic acids is 1. The van der Waals surface area contributed by atoms with E-state index in [2.05, 4.69) is 10.3 Å². The quantitative estimate of drug-likeness (QED) is 0.380. The van der Waals surface area contributed by atoms with E-state index in [9.17, 15) is 19.2 Å². The van der Waals surface area contributed by atoms with Gasteiger partial charge in [0.2, 0.25) is 5.91 Å². The van der Waals surface area contributed by atoms with Crippen LogP contribution in [0.25, 0.3) is 0 Å². The minimum atomic E-state index is -1.62. The van der Waals surface area contributed by atoms with E-state index < -0.39 is 29.2 Å². The minimum absolute atomic E-state index is 0.188. The Balaban J connectivity index is 1.86. The van der Waals surface area contributed by atoms with E-state index in [1.807, 2.05) is 13.8 Å². The third kappa shape index (κ3) is 2.94. The molecule has 3 atom stereocenters. The largest absolute Gasteiger partial charge is 0.481 e. The number of amides is 2. The Kier molecular flexibility index (Phi) is 5.08. The number of aliphatic carboxylic acids is 1. The van der Waals surface area contributed by atoms with Crippen LogP contribution in [0.4, 0.5) is 0 Å². The lowest BCUT2D eigenvalue weighted by molar-refractivity contribution is -0.175. The molecule has 2 aliphatic heterocycles. The van der Waals surface area contributed by atoms with Gasteiger partial charge in [0.05, 0.1) is 12.2 Å². The predicted molar refractivity (Wildman–Crippen MR) is 97.2 cm³/mol. The van der Waals surface area contributed by atoms with Crippen molar-refractivity contribution in [1.29, 1.82) is 0 Å². The van der Waals surface area contributed by atoms with Crippen LogP contribution in [0.15, 0.2) is 18.3 Å². The number of nitrogens with zero attached hydrogens (tertiary/aromatic N) is 2. The number of esters is 1. The number of nitrogens with one attached hydrogen (secondary N) is 1. The fraction of sp³-hybridized carbons (Fsp3) is 0.526. The van der Waals surface area contributed by atoms with Crippen molar-refractivity contribution in [3.8, 4) is 0 Å². The molecule has 156 valence electrons. The summed E-state index contributed by atoms with van der Waals surface area (Å²) in [7, 11) is 0. The van der Waals surface area contributed by atoms with Crippen molar-refractivity contribution >= 4 is 23.8 Å². The standard InChI is InChI=1S/C19H23N3O7/c1-10(2)18(4)17(27)21-19(29-9-8-28-16(26)11(3)15(24)25)13-12(6-5-7-20-13)14(23)22(18)19/h5-7,10-11H,8-9H2,1-4H3,(H,21,27)(H,24,25). The molecule has 3 rings (SSSR count). The molecule has 0 bridgehead atoms. The van der Waals surface area contributed by atoms with Crippen molar-refractivity contribution < 1.29 is 33.8 Å².